The van der Waals surface area contributed by atoms with Crippen molar-refractivity contribution in [3.8, 4) is 17.2 Å². The molecule has 0 aliphatic rings. The first-order valence-electron chi connectivity index (χ1n) is 8.30. The number of aromatic nitrogens is 5. The van der Waals surface area contributed by atoms with E-state index in [9.17, 15) is 13.2 Å². The third-order valence-electron chi connectivity index (χ3n) is 3.78. The van der Waals surface area contributed by atoms with E-state index in [1.54, 1.807) is 6.92 Å². The van der Waals surface area contributed by atoms with Crippen LogP contribution in [0.4, 0.5) is 13.2 Å². The van der Waals surface area contributed by atoms with Crippen LogP contribution in [0.15, 0.2) is 45.5 Å². The van der Waals surface area contributed by atoms with Gasteiger partial charge in [0.25, 0.3) is 5.89 Å². The lowest BCUT2D eigenvalue weighted by Crippen LogP contribution is -2.11. The van der Waals surface area contributed by atoms with Gasteiger partial charge < -0.3 is 14.2 Å². The Morgan fingerprint density at radius 3 is 2.57 bits per heavy atom. The molecule has 0 aliphatic carbocycles. The quantitative estimate of drug-likeness (QED) is 0.444. The second-order valence-electron chi connectivity index (χ2n) is 5.94. The average molecular weight is 483 g/mol. The summed E-state index contributed by atoms with van der Waals surface area (Å²) < 4.78 is 48.7. The van der Waals surface area contributed by atoms with Crippen molar-refractivity contribution in [1.29, 1.82) is 0 Å². The van der Waals surface area contributed by atoms with Gasteiger partial charge in [-0.3, -0.25) is 4.40 Å². The van der Waals surface area contributed by atoms with Crippen molar-refractivity contribution in [3.63, 3.8) is 0 Å². The van der Waals surface area contributed by atoms with Crippen molar-refractivity contribution in [2.24, 2.45) is 0 Å². The molecule has 8 nitrogen and oxygen atoms in total. The molecule has 0 atom stereocenters. The molecule has 3 heterocycles. The molecule has 30 heavy (non-hydrogen) atoms. The van der Waals surface area contributed by atoms with Gasteiger partial charge >= 0.3 is 13.9 Å². The first-order chi connectivity index (χ1) is 14.2. The molecular formula is C17H13BBrF3N5O3. The van der Waals surface area contributed by atoms with Gasteiger partial charge in [0, 0.05) is 10.0 Å². The molecule has 3 aromatic heterocycles. The summed E-state index contributed by atoms with van der Waals surface area (Å²) in [5, 5.41) is 18.5. The lowest BCUT2D eigenvalue weighted by Gasteiger charge is -2.05. The molecule has 0 aliphatic heterocycles. The van der Waals surface area contributed by atoms with Crippen LogP contribution in [0, 0.1) is 13.8 Å². The van der Waals surface area contributed by atoms with E-state index < -0.39 is 12.0 Å². The second-order valence-corrected chi connectivity index (χ2v) is 6.86. The fraction of sp³-hybridized carbons (Fsp3) is 0.176. The normalized spacial score (nSPS) is 11.2. The van der Waals surface area contributed by atoms with Crippen LogP contribution in [-0.4, -0.2) is 37.4 Å². The summed E-state index contributed by atoms with van der Waals surface area (Å²) in [6, 6.07) is 8.63. The molecule has 0 saturated carbocycles. The average Bonchev–Trinajstić information content (AvgIpc) is 3.30. The summed E-state index contributed by atoms with van der Waals surface area (Å²) in [7, 11) is 0.374. The summed E-state index contributed by atoms with van der Waals surface area (Å²) >= 11 is 3.41. The predicted molar refractivity (Wildman–Crippen MR) is 103 cm³/mol. The Hall–Kier alpha value is -2.93. The third-order valence-corrected chi connectivity index (χ3v) is 4.27. The molecule has 4 aromatic rings. The van der Waals surface area contributed by atoms with Crippen LogP contribution in [0.1, 0.15) is 17.2 Å². The Morgan fingerprint density at radius 2 is 1.93 bits per heavy atom. The van der Waals surface area contributed by atoms with E-state index in [-0.39, 0.29) is 11.4 Å². The van der Waals surface area contributed by atoms with E-state index in [2.05, 4.69) is 40.9 Å². The van der Waals surface area contributed by atoms with Crippen LogP contribution in [0.3, 0.4) is 0 Å². The second kappa shape index (κ2) is 8.84. The van der Waals surface area contributed by atoms with E-state index >= 15 is 0 Å². The minimum atomic E-state index is -4.60. The number of halogens is 4. The first kappa shape index (κ1) is 21.8. The zero-order valence-corrected chi connectivity index (χ0v) is 17.1. The highest BCUT2D eigenvalue weighted by Gasteiger charge is 2.36. The Morgan fingerprint density at radius 1 is 1.17 bits per heavy atom. The number of benzene rings is 1. The molecule has 1 radical (unpaired) electrons. The molecule has 0 fully saturated rings. The molecule has 0 amide bonds. The standard InChI is InChI=1S/C10H9BrN2O.C7H4BF3N3O2/c1-6-3-4-8(11)5-9(6)10-12-7(2)13-14-10;9-7(10,11)6-13-12-5-2-1-4(16-8-15)3-14(5)6/h3-5H,1-2H3;1-3,15H. The predicted octanol–water partition coefficient (Wildman–Crippen LogP) is 3.77. The van der Waals surface area contributed by atoms with E-state index in [1.807, 2.05) is 25.1 Å². The highest BCUT2D eigenvalue weighted by atomic mass is 79.9. The van der Waals surface area contributed by atoms with Gasteiger partial charge in [-0.2, -0.15) is 18.2 Å². The monoisotopic (exact) mass is 482 g/mol. The fourth-order valence-electron chi connectivity index (χ4n) is 2.43. The smallest absolute Gasteiger partial charge is 0.536 e. The zero-order valence-electron chi connectivity index (χ0n) is 15.6. The largest absolute Gasteiger partial charge is 0.569 e. The summed E-state index contributed by atoms with van der Waals surface area (Å²) in [5.74, 6) is 0.117. The number of pyridine rings is 1. The fourth-order valence-corrected chi connectivity index (χ4v) is 2.79. The highest BCUT2D eigenvalue weighted by molar-refractivity contribution is 9.10. The molecule has 0 bridgehead atoms. The van der Waals surface area contributed by atoms with Gasteiger partial charge in [-0.05, 0) is 43.7 Å². The Balaban J connectivity index is 0.000000172. The number of nitrogens with zero attached hydrogens (tertiary/aromatic N) is 5. The van der Waals surface area contributed by atoms with Crippen molar-refractivity contribution in [2.45, 2.75) is 20.0 Å². The van der Waals surface area contributed by atoms with Gasteiger partial charge in [0.2, 0.25) is 5.82 Å². The van der Waals surface area contributed by atoms with Crippen molar-refractivity contribution in [1.82, 2.24) is 24.7 Å². The minimum Gasteiger partial charge on any atom is -0.536 e. The SMILES string of the molecule is Cc1noc(-c2cc(Br)ccc2C)n1.O[B]Oc1ccc2nnc(C(F)(F)F)n2c1. The van der Waals surface area contributed by atoms with Crippen molar-refractivity contribution in [3.05, 3.63) is 58.2 Å². The van der Waals surface area contributed by atoms with Crippen LogP contribution < -0.4 is 4.65 Å². The number of hydrogen-bond donors (Lipinski definition) is 1. The summed E-state index contributed by atoms with van der Waals surface area (Å²) in [6.07, 6.45) is -3.56. The number of rotatable bonds is 3. The Labute approximate surface area is 177 Å². The Kier molecular flexibility index (Phi) is 6.41. The van der Waals surface area contributed by atoms with Gasteiger partial charge in [-0.1, -0.05) is 27.2 Å². The van der Waals surface area contributed by atoms with Gasteiger partial charge in [-0.25, -0.2) is 0 Å². The molecule has 0 spiro atoms. The van der Waals surface area contributed by atoms with E-state index in [1.165, 1.54) is 12.1 Å². The van der Waals surface area contributed by atoms with E-state index in [0.29, 0.717) is 19.4 Å². The lowest BCUT2D eigenvalue weighted by atomic mass is 10.1. The number of hydrogen-bond acceptors (Lipinski definition) is 7. The maximum Gasteiger partial charge on any atom is 0.569 e. The van der Waals surface area contributed by atoms with Crippen LogP contribution in [0.2, 0.25) is 0 Å². The summed E-state index contributed by atoms with van der Waals surface area (Å²) in [4.78, 5) is 4.18. The number of aryl methyl sites for hydroxylation is 2. The maximum absolute atomic E-state index is 12.4. The van der Waals surface area contributed by atoms with Crippen LogP contribution >= 0.6 is 15.9 Å². The number of fused-ring (bicyclic) bond motifs is 1. The molecule has 0 unspecified atom stereocenters. The van der Waals surface area contributed by atoms with Crippen LogP contribution in [0.25, 0.3) is 17.1 Å². The van der Waals surface area contributed by atoms with Crippen molar-refractivity contribution in [2.75, 3.05) is 0 Å². The first-order valence-corrected chi connectivity index (χ1v) is 9.09. The molecule has 4 rings (SSSR count). The third kappa shape index (κ3) is 4.97. The van der Waals surface area contributed by atoms with Crippen molar-refractivity contribution < 1.29 is 27.4 Å². The maximum atomic E-state index is 12.4. The number of alkyl halides is 3. The summed E-state index contributed by atoms with van der Waals surface area (Å²) in [5.41, 5.74) is 2.13. The molecule has 1 aromatic carbocycles. The Bertz CT molecular complexity index is 1170. The van der Waals surface area contributed by atoms with Gasteiger partial charge in [0.15, 0.2) is 11.5 Å². The van der Waals surface area contributed by atoms with Gasteiger partial charge in [0.05, 0.1) is 6.20 Å². The van der Waals surface area contributed by atoms with Crippen LogP contribution in [0.5, 0.6) is 5.75 Å². The van der Waals surface area contributed by atoms with Gasteiger partial charge in [0.1, 0.15) is 5.75 Å². The molecular weight excluding hydrogens is 470 g/mol. The summed E-state index contributed by atoms with van der Waals surface area (Å²) in [6.45, 7) is 3.82. The highest BCUT2D eigenvalue weighted by Crippen LogP contribution is 2.28. The zero-order chi connectivity index (χ0) is 21.9. The lowest BCUT2D eigenvalue weighted by molar-refractivity contribution is -0.145. The van der Waals surface area contributed by atoms with Gasteiger partial charge in [-0.15, -0.1) is 10.2 Å². The molecule has 13 heteroatoms. The molecule has 155 valence electrons. The van der Waals surface area contributed by atoms with E-state index in [4.69, 9.17) is 9.55 Å². The van der Waals surface area contributed by atoms with Crippen LogP contribution in [-0.2, 0) is 6.18 Å². The van der Waals surface area contributed by atoms with Crippen molar-refractivity contribution >= 4 is 29.3 Å². The molecule has 1 N–H and O–H groups in total. The topological polar surface area (TPSA) is 98.6 Å². The van der Waals surface area contributed by atoms with E-state index in [0.717, 1.165) is 26.2 Å². The minimum absolute atomic E-state index is 0.0395. The molecule has 0 saturated heterocycles.